The van der Waals surface area contributed by atoms with Crippen molar-refractivity contribution in [1.82, 2.24) is 4.90 Å². The van der Waals surface area contributed by atoms with Gasteiger partial charge in [0, 0.05) is 29.7 Å². The van der Waals surface area contributed by atoms with Crippen molar-refractivity contribution in [3.63, 3.8) is 0 Å². The van der Waals surface area contributed by atoms with Crippen LogP contribution in [0.5, 0.6) is 0 Å². The first-order valence-electron chi connectivity index (χ1n) is 10.3. The second kappa shape index (κ2) is 9.97. The standard InChI is InChI=1S/C26H30N2/c1-4-27(5-2)19-11-14-22-12-9-13-23(20-22)21-28(6-3)26-18-10-16-24-15-7-8-17-25(24)26/h7-10,12-13,15-18,20H,4-6,19,21H2,1-3H3. The minimum atomic E-state index is 0.828. The number of rotatable bonds is 7. The van der Waals surface area contributed by atoms with Gasteiger partial charge in [-0.25, -0.2) is 0 Å². The predicted octanol–water partition coefficient (Wildman–Crippen LogP) is 5.56. The van der Waals surface area contributed by atoms with Crippen LogP contribution < -0.4 is 4.90 Å². The van der Waals surface area contributed by atoms with E-state index in [4.69, 9.17) is 0 Å². The Hall–Kier alpha value is -2.76. The van der Waals surface area contributed by atoms with E-state index in [1.165, 1.54) is 22.0 Å². The van der Waals surface area contributed by atoms with Crippen molar-refractivity contribution in [2.75, 3.05) is 31.1 Å². The lowest BCUT2D eigenvalue weighted by Crippen LogP contribution is -2.22. The van der Waals surface area contributed by atoms with Gasteiger partial charge in [0.25, 0.3) is 0 Å². The van der Waals surface area contributed by atoms with E-state index in [0.29, 0.717) is 0 Å². The van der Waals surface area contributed by atoms with Gasteiger partial charge < -0.3 is 4.90 Å². The maximum absolute atomic E-state index is 3.33. The van der Waals surface area contributed by atoms with Crippen molar-refractivity contribution in [3.8, 4) is 11.8 Å². The number of benzene rings is 3. The molecule has 0 saturated carbocycles. The zero-order valence-corrected chi connectivity index (χ0v) is 17.3. The summed E-state index contributed by atoms with van der Waals surface area (Å²) in [5, 5.41) is 2.59. The molecule has 3 aromatic carbocycles. The van der Waals surface area contributed by atoms with Crippen LogP contribution in [-0.2, 0) is 6.54 Å². The molecule has 0 radical (unpaired) electrons. The highest BCUT2D eigenvalue weighted by Crippen LogP contribution is 2.27. The van der Waals surface area contributed by atoms with Crippen molar-refractivity contribution < 1.29 is 0 Å². The van der Waals surface area contributed by atoms with E-state index in [2.05, 4.69) is 109 Å². The second-order valence-electron chi connectivity index (χ2n) is 6.98. The molecule has 0 N–H and O–H groups in total. The normalized spacial score (nSPS) is 10.7. The molecule has 0 bridgehead atoms. The Kier molecular flexibility index (Phi) is 7.12. The summed E-state index contributed by atoms with van der Waals surface area (Å²) in [6.45, 7) is 11.3. The predicted molar refractivity (Wildman–Crippen MR) is 122 cm³/mol. The molecule has 0 aliphatic rings. The Morgan fingerprint density at radius 1 is 0.786 bits per heavy atom. The smallest absolute Gasteiger partial charge is 0.0605 e. The third-order valence-corrected chi connectivity index (χ3v) is 5.22. The van der Waals surface area contributed by atoms with Gasteiger partial charge in [-0.05, 0) is 49.2 Å². The van der Waals surface area contributed by atoms with Gasteiger partial charge in [-0.2, -0.15) is 0 Å². The van der Waals surface area contributed by atoms with E-state index >= 15 is 0 Å². The zero-order chi connectivity index (χ0) is 19.8. The number of anilines is 1. The van der Waals surface area contributed by atoms with Crippen molar-refractivity contribution >= 4 is 16.5 Å². The highest BCUT2D eigenvalue weighted by Gasteiger charge is 2.09. The number of hydrogen-bond donors (Lipinski definition) is 0. The Morgan fingerprint density at radius 2 is 1.54 bits per heavy atom. The fourth-order valence-electron chi connectivity index (χ4n) is 3.52. The maximum Gasteiger partial charge on any atom is 0.0605 e. The Morgan fingerprint density at radius 3 is 2.32 bits per heavy atom. The van der Waals surface area contributed by atoms with Crippen LogP contribution in [0.15, 0.2) is 66.7 Å². The minimum Gasteiger partial charge on any atom is -0.367 e. The Labute approximate surface area is 169 Å². The average molecular weight is 371 g/mol. The molecular weight excluding hydrogens is 340 g/mol. The summed E-state index contributed by atoms with van der Waals surface area (Å²) in [7, 11) is 0. The molecule has 0 aliphatic carbocycles. The highest BCUT2D eigenvalue weighted by atomic mass is 15.1. The van der Waals surface area contributed by atoms with E-state index in [1.54, 1.807) is 0 Å². The van der Waals surface area contributed by atoms with Crippen LogP contribution >= 0.6 is 0 Å². The van der Waals surface area contributed by atoms with Crippen LogP contribution in [-0.4, -0.2) is 31.1 Å². The zero-order valence-electron chi connectivity index (χ0n) is 17.3. The van der Waals surface area contributed by atoms with Gasteiger partial charge in [-0.1, -0.05) is 74.2 Å². The van der Waals surface area contributed by atoms with Crippen LogP contribution in [0.4, 0.5) is 5.69 Å². The molecule has 2 heteroatoms. The summed E-state index contributed by atoms with van der Waals surface area (Å²) in [4.78, 5) is 4.76. The maximum atomic E-state index is 3.33. The third kappa shape index (κ3) is 4.94. The summed E-state index contributed by atoms with van der Waals surface area (Å²) in [5.41, 5.74) is 3.68. The van der Waals surface area contributed by atoms with Crippen LogP contribution in [0.1, 0.15) is 31.9 Å². The fourth-order valence-corrected chi connectivity index (χ4v) is 3.52. The molecule has 28 heavy (non-hydrogen) atoms. The van der Waals surface area contributed by atoms with Gasteiger partial charge in [0.05, 0.1) is 6.54 Å². The van der Waals surface area contributed by atoms with E-state index in [-0.39, 0.29) is 0 Å². The first kappa shape index (κ1) is 20.0. The molecule has 144 valence electrons. The molecule has 3 rings (SSSR count). The van der Waals surface area contributed by atoms with Gasteiger partial charge in [0.15, 0.2) is 0 Å². The molecular formula is C26H30N2. The van der Waals surface area contributed by atoms with E-state index < -0.39 is 0 Å². The van der Waals surface area contributed by atoms with E-state index in [0.717, 1.165) is 38.3 Å². The van der Waals surface area contributed by atoms with Crippen LogP contribution in [0, 0.1) is 11.8 Å². The minimum absolute atomic E-state index is 0.828. The topological polar surface area (TPSA) is 6.48 Å². The van der Waals surface area contributed by atoms with Crippen LogP contribution in [0.25, 0.3) is 10.8 Å². The van der Waals surface area contributed by atoms with Crippen LogP contribution in [0.2, 0.25) is 0 Å². The van der Waals surface area contributed by atoms with Gasteiger partial charge in [-0.15, -0.1) is 0 Å². The molecule has 3 aromatic rings. The fraction of sp³-hybridized carbons (Fsp3) is 0.308. The molecule has 0 unspecified atom stereocenters. The monoisotopic (exact) mass is 370 g/mol. The number of hydrogen-bond acceptors (Lipinski definition) is 2. The van der Waals surface area contributed by atoms with Crippen LogP contribution in [0.3, 0.4) is 0 Å². The van der Waals surface area contributed by atoms with Crippen molar-refractivity contribution in [2.24, 2.45) is 0 Å². The van der Waals surface area contributed by atoms with E-state index in [1.807, 2.05) is 0 Å². The first-order chi connectivity index (χ1) is 13.7. The SMILES string of the molecule is CCN(CC)CC#Cc1cccc(CN(CC)c2cccc3ccccc23)c1. The Balaban J connectivity index is 1.79. The van der Waals surface area contributed by atoms with Gasteiger partial charge in [0.1, 0.15) is 0 Å². The van der Waals surface area contributed by atoms with Gasteiger partial charge in [0.2, 0.25) is 0 Å². The first-order valence-corrected chi connectivity index (χ1v) is 10.3. The quantitative estimate of drug-likeness (QED) is 0.502. The van der Waals surface area contributed by atoms with Gasteiger partial charge in [-0.3, -0.25) is 4.90 Å². The molecule has 0 aliphatic heterocycles. The highest BCUT2D eigenvalue weighted by molar-refractivity contribution is 5.94. The lowest BCUT2D eigenvalue weighted by Gasteiger charge is -2.25. The largest absolute Gasteiger partial charge is 0.367 e. The lowest BCUT2D eigenvalue weighted by molar-refractivity contribution is 0.342. The molecule has 0 saturated heterocycles. The van der Waals surface area contributed by atoms with Crippen molar-refractivity contribution in [2.45, 2.75) is 27.3 Å². The Bertz CT molecular complexity index is 955. The molecule has 0 heterocycles. The molecule has 0 spiro atoms. The second-order valence-corrected chi connectivity index (χ2v) is 6.98. The van der Waals surface area contributed by atoms with E-state index in [9.17, 15) is 0 Å². The summed E-state index contributed by atoms with van der Waals surface area (Å²) in [5.74, 6) is 6.65. The molecule has 2 nitrogen and oxygen atoms in total. The molecule has 0 fully saturated rings. The summed E-state index contributed by atoms with van der Waals surface area (Å²) >= 11 is 0. The lowest BCUT2D eigenvalue weighted by atomic mass is 10.1. The number of nitrogens with zero attached hydrogens (tertiary/aromatic N) is 2. The third-order valence-electron chi connectivity index (χ3n) is 5.22. The average Bonchev–Trinajstić information content (AvgIpc) is 2.75. The summed E-state index contributed by atoms with van der Waals surface area (Å²) in [6, 6.07) is 23.8. The molecule has 0 atom stereocenters. The summed E-state index contributed by atoms with van der Waals surface area (Å²) < 4.78 is 0. The van der Waals surface area contributed by atoms with Gasteiger partial charge >= 0.3 is 0 Å². The number of fused-ring (bicyclic) bond motifs is 1. The summed E-state index contributed by atoms with van der Waals surface area (Å²) in [6.07, 6.45) is 0. The van der Waals surface area contributed by atoms with Crippen molar-refractivity contribution in [3.05, 3.63) is 77.9 Å². The molecule has 0 aromatic heterocycles. The van der Waals surface area contributed by atoms with Crippen molar-refractivity contribution in [1.29, 1.82) is 0 Å². The molecule has 0 amide bonds.